The van der Waals surface area contributed by atoms with Crippen LogP contribution in [0, 0.1) is 17.8 Å². The summed E-state index contributed by atoms with van der Waals surface area (Å²) in [5, 5.41) is 8.12. The van der Waals surface area contributed by atoms with Crippen molar-refractivity contribution in [2.75, 3.05) is 11.9 Å². The smallest absolute Gasteiger partial charge is 0.0771 e. The number of anilines is 1. The van der Waals surface area contributed by atoms with Crippen molar-refractivity contribution in [3.63, 3.8) is 0 Å². The number of nitrogens with zero attached hydrogens (tertiary/aromatic N) is 2. The Balaban J connectivity index is 1.34. The maximum atomic E-state index is 5.67. The van der Waals surface area contributed by atoms with Crippen molar-refractivity contribution in [2.45, 2.75) is 51.3 Å². The predicted molar refractivity (Wildman–Crippen MR) is 83.1 cm³/mol. The third kappa shape index (κ3) is 2.73. The molecule has 0 amide bonds. The second-order valence-electron chi connectivity index (χ2n) is 6.96. The SMILES string of the molecule is CC(Nc1cnn(CC2CCCO2)c1)C1CC2C=CC1C2. The lowest BCUT2D eigenvalue weighted by Gasteiger charge is -2.26. The van der Waals surface area contributed by atoms with Crippen molar-refractivity contribution >= 4 is 5.69 Å². The Morgan fingerprint density at radius 2 is 2.38 bits per heavy atom. The maximum absolute atomic E-state index is 5.67. The highest BCUT2D eigenvalue weighted by atomic mass is 16.5. The number of allylic oxidation sites excluding steroid dienone is 2. The molecule has 4 heteroatoms. The van der Waals surface area contributed by atoms with Gasteiger partial charge in [0.25, 0.3) is 0 Å². The van der Waals surface area contributed by atoms with E-state index in [1.165, 1.54) is 19.3 Å². The van der Waals surface area contributed by atoms with Crippen LogP contribution in [0.1, 0.15) is 32.6 Å². The lowest BCUT2D eigenvalue weighted by molar-refractivity contribution is 0.0940. The molecule has 0 spiro atoms. The monoisotopic (exact) mass is 287 g/mol. The van der Waals surface area contributed by atoms with Crippen molar-refractivity contribution < 1.29 is 4.74 Å². The van der Waals surface area contributed by atoms with Gasteiger partial charge in [-0.3, -0.25) is 4.68 Å². The van der Waals surface area contributed by atoms with Crippen LogP contribution in [0.25, 0.3) is 0 Å². The van der Waals surface area contributed by atoms with E-state index < -0.39 is 0 Å². The zero-order chi connectivity index (χ0) is 14.2. The lowest BCUT2D eigenvalue weighted by Crippen LogP contribution is -2.28. The summed E-state index contributed by atoms with van der Waals surface area (Å²) < 4.78 is 7.69. The van der Waals surface area contributed by atoms with Crippen LogP contribution in [0.2, 0.25) is 0 Å². The minimum atomic E-state index is 0.353. The van der Waals surface area contributed by atoms with Crippen molar-refractivity contribution in [3.05, 3.63) is 24.5 Å². The number of nitrogens with one attached hydrogen (secondary N) is 1. The molecule has 1 N–H and O–H groups in total. The molecule has 4 nitrogen and oxygen atoms in total. The van der Waals surface area contributed by atoms with Gasteiger partial charge >= 0.3 is 0 Å². The highest BCUT2D eigenvalue weighted by Crippen LogP contribution is 2.45. The molecule has 1 aliphatic heterocycles. The fourth-order valence-electron chi connectivity index (χ4n) is 4.30. The second-order valence-corrected chi connectivity index (χ2v) is 6.96. The molecule has 2 aliphatic carbocycles. The fraction of sp³-hybridized carbons (Fsp3) is 0.706. The summed E-state index contributed by atoms with van der Waals surface area (Å²) in [5.41, 5.74) is 1.15. The number of fused-ring (bicyclic) bond motifs is 2. The van der Waals surface area contributed by atoms with Gasteiger partial charge in [0.15, 0.2) is 0 Å². The van der Waals surface area contributed by atoms with Crippen molar-refractivity contribution in [1.82, 2.24) is 9.78 Å². The highest BCUT2D eigenvalue weighted by molar-refractivity contribution is 5.39. The molecule has 1 aromatic heterocycles. The molecule has 1 saturated heterocycles. The van der Waals surface area contributed by atoms with Gasteiger partial charge in [-0.05, 0) is 50.4 Å². The van der Waals surface area contributed by atoms with Crippen molar-refractivity contribution in [2.24, 2.45) is 17.8 Å². The van der Waals surface area contributed by atoms with Crippen LogP contribution in [-0.4, -0.2) is 28.5 Å². The summed E-state index contributed by atoms with van der Waals surface area (Å²) >= 11 is 0. The van der Waals surface area contributed by atoms with Crippen LogP contribution < -0.4 is 5.32 Å². The summed E-state index contributed by atoms with van der Waals surface area (Å²) in [6, 6.07) is 0.519. The zero-order valence-corrected chi connectivity index (χ0v) is 12.7. The molecule has 0 aromatic carbocycles. The van der Waals surface area contributed by atoms with E-state index in [0.29, 0.717) is 12.1 Å². The largest absolute Gasteiger partial charge is 0.380 e. The molecule has 5 unspecified atom stereocenters. The third-order valence-corrected chi connectivity index (χ3v) is 5.41. The molecule has 5 atom stereocenters. The van der Waals surface area contributed by atoms with Gasteiger partial charge in [0.05, 0.1) is 24.5 Å². The molecular weight excluding hydrogens is 262 g/mol. The van der Waals surface area contributed by atoms with E-state index in [-0.39, 0.29) is 0 Å². The van der Waals surface area contributed by atoms with Crippen LogP contribution >= 0.6 is 0 Å². The molecular formula is C17H25N3O. The first-order valence-electron chi connectivity index (χ1n) is 8.37. The molecule has 2 heterocycles. The fourth-order valence-corrected chi connectivity index (χ4v) is 4.30. The Bertz CT molecular complexity index is 518. The van der Waals surface area contributed by atoms with Crippen LogP contribution in [0.5, 0.6) is 0 Å². The zero-order valence-electron chi connectivity index (χ0n) is 12.7. The first kappa shape index (κ1) is 13.4. The summed E-state index contributed by atoms with van der Waals surface area (Å²) in [7, 11) is 0. The molecule has 1 aromatic rings. The van der Waals surface area contributed by atoms with E-state index in [0.717, 1.165) is 43.0 Å². The number of hydrogen-bond acceptors (Lipinski definition) is 3. The number of ether oxygens (including phenoxy) is 1. The van der Waals surface area contributed by atoms with E-state index in [2.05, 4.69) is 35.7 Å². The third-order valence-electron chi connectivity index (χ3n) is 5.41. The number of aromatic nitrogens is 2. The standard InChI is InChI=1S/C17H25N3O/c1-12(17-8-13-4-5-14(17)7-13)19-15-9-18-20(10-15)11-16-3-2-6-21-16/h4-5,9-10,12-14,16-17,19H,2-3,6-8,11H2,1H3. The van der Waals surface area contributed by atoms with Gasteiger partial charge < -0.3 is 10.1 Å². The van der Waals surface area contributed by atoms with Gasteiger partial charge in [-0.2, -0.15) is 5.10 Å². The van der Waals surface area contributed by atoms with Gasteiger partial charge in [-0.1, -0.05) is 12.2 Å². The molecule has 3 aliphatic rings. The highest BCUT2D eigenvalue weighted by Gasteiger charge is 2.38. The molecule has 4 rings (SSSR count). The maximum Gasteiger partial charge on any atom is 0.0771 e. The van der Waals surface area contributed by atoms with Crippen LogP contribution in [-0.2, 0) is 11.3 Å². The first-order valence-corrected chi connectivity index (χ1v) is 8.37. The Morgan fingerprint density at radius 1 is 1.43 bits per heavy atom. The summed E-state index contributed by atoms with van der Waals surface area (Å²) in [6.45, 7) is 4.11. The topological polar surface area (TPSA) is 39.1 Å². The first-order chi connectivity index (χ1) is 10.3. The van der Waals surface area contributed by atoms with Gasteiger partial charge in [-0.15, -0.1) is 0 Å². The minimum absolute atomic E-state index is 0.353. The molecule has 114 valence electrons. The summed E-state index contributed by atoms with van der Waals surface area (Å²) in [5.74, 6) is 2.41. The quantitative estimate of drug-likeness (QED) is 0.846. The van der Waals surface area contributed by atoms with Gasteiger partial charge in [0.2, 0.25) is 0 Å². The van der Waals surface area contributed by atoms with E-state index in [1.807, 2.05) is 10.9 Å². The number of rotatable bonds is 5. The molecule has 0 radical (unpaired) electrons. The Hall–Kier alpha value is -1.29. The van der Waals surface area contributed by atoms with E-state index >= 15 is 0 Å². The van der Waals surface area contributed by atoms with Gasteiger partial charge in [0.1, 0.15) is 0 Å². The van der Waals surface area contributed by atoms with E-state index in [4.69, 9.17) is 4.74 Å². The van der Waals surface area contributed by atoms with Crippen LogP contribution in [0.3, 0.4) is 0 Å². The molecule has 2 bridgehead atoms. The Kier molecular flexibility index (Phi) is 3.49. The molecule has 2 fully saturated rings. The van der Waals surface area contributed by atoms with E-state index in [9.17, 15) is 0 Å². The average molecular weight is 287 g/mol. The van der Waals surface area contributed by atoms with Gasteiger partial charge in [0, 0.05) is 18.8 Å². The van der Waals surface area contributed by atoms with E-state index in [1.54, 1.807) is 0 Å². The Morgan fingerprint density at radius 3 is 3.10 bits per heavy atom. The van der Waals surface area contributed by atoms with Crippen LogP contribution in [0.15, 0.2) is 24.5 Å². The normalized spacial score (nSPS) is 35.5. The Labute approximate surface area is 126 Å². The average Bonchev–Trinajstić information content (AvgIpc) is 3.23. The number of hydrogen-bond donors (Lipinski definition) is 1. The van der Waals surface area contributed by atoms with Crippen molar-refractivity contribution in [1.29, 1.82) is 0 Å². The summed E-state index contributed by atoms with van der Waals surface area (Å²) in [6.07, 6.45) is 14.3. The predicted octanol–water partition coefficient (Wildman–Crippen LogP) is 3.07. The van der Waals surface area contributed by atoms with Gasteiger partial charge in [-0.25, -0.2) is 0 Å². The van der Waals surface area contributed by atoms with Crippen molar-refractivity contribution in [3.8, 4) is 0 Å². The summed E-state index contributed by atoms with van der Waals surface area (Å²) in [4.78, 5) is 0. The molecule has 21 heavy (non-hydrogen) atoms. The van der Waals surface area contributed by atoms with Crippen LogP contribution in [0.4, 0.5) is 5.69 Å². The second kappa shape index (κ2) is 5.48. The lowest BCUT2D eigenvalue weighted by atomic mass is 9.87. The molecule has 1 saturated carbocycles. The minimum Gasteiger partial charge on any atom is -0.380 e.